The second-order valence-corrected chi connectivity index (χ2v) is 5.66. The molecule has 0 fully saturated rings. The summed E-state index contributed by atoms with van der Waals surface area (Å²) in [6, 6.07) is 2.12. The first-order valence-electron chi connectivity index (χ1n) is 5.25. The van der Waals surface area contributed by atoms with Crippen LogP contribution in [0.3, 0.4) is 0 Å². The Morgan fingerprint density at radius 2 is 1.93 bits per heavy atom. The van der Waals surface area contributed by atoms with Gasteiger partial charge in [0.1, 0.15) is 0 Å². The smallest absolute Gasteiger partial charge is 0.0882 e. The summed E-state index contributed by atoms with van der Waals surface area (Å²) in [5.74, 6) is 0.673. The molecule has 1 aromatic rings. The van der Waals surface area contributed by atoms with E-state index < -0.39 is 0 Å². The first kappa shape index (κ1) is 11.7. The van der Waals surface area contributed by atoms with E-state index in [-0.39, 0.29) is 6.10 Å². The molecule has 1 N–H and O–H groups in total. The number of aryl methyl sites for hydroxylation is 2. The van der Waals surface area contributed by atoms with Gasteiger partial charge >= 0.3 is 0 Å². The molecular formula is C12H20OS. The lowest BCUT2D eigenvalue weighted by atomic mass is 10.0. The van der Waals surface area contributed by atoms with E-state index in [2.05, 4.69) is 33.8 Å². The average Bonchev–Trinajstić information content (AvgIpc) is 2.43. The number of hydrogen-bond donors (Lipinski definition) is 1. The molecular weight excluding hydrogens is 192 g/mol. The minimum atomic E-state index is -0.255. The van der Waals surface area contributed by atoms with Gasteiger partial charge in [-0.3, -0.25) is 0 Å². The second-order valence-electron chi connectivity index (χ2n) is 4.37. The van der Waals surface area contributed by atoms with Crippen LogP contribution >= 0.6 is 11.3 Å². The zero-order chi connectivity index (χ0) is 10.7. The molecule has 0 aliphatic rings. The fraction of sp³-hybridized carbons (Fsp3) is 0.667. The van der Waals surface area contributed by atoms with Gasteiger partial charge in [0.2, 0.25) is 0 Å². The molecule has 2 heteroatoms. The molecule has 1 nitrogen and oxygen atoms in total. The van der Waals surface area contributed by atoms with Gasteiger partial charge in [-0.25, -0.2) is 0 Å². The number of aliphatic hydroxyl groups is 1. The predicted molar refractivity (Wildman–Crippen MR) is 62.8 cm³/mol. The van der Waals surface area contributed by atoms with E-state index in [1.54, 1.807) is 11.3 Å². The van der Waals surface area contributed by atoms with Crippen molar-refractivity contribution >= 4 is 11.3 Å². The van der Waals surface area contributed by atoms with Crippen LogP contribution in [0.4, 0.5) is 0 Å². The third kappa shape index (κ3) is 3.10. The second kappa shape index (κ2) is 4.94. The number of rotatable bonds is 4. The molecule has 1 unspecified atom stereocenters. The first-order chi connectivity index (χ1) is 6.50. The van der Waals surface area contributed by atoms with Gasteiger partial charge in [0, 0.05) is 9.75 Å². The van der Waals surface area contributed by atoms with Crippen molar-refractivity contribution in [3.63, 3.8) is 0 Å². The SMILES string of the molecule is Cc1cc(C(O)CCC(C)C)sc1C. The Labute approximate surface area is 90.8 Å². The molecule has 1 rings (SSSR count). The van der Waals surface area contributed by atoms with Crippen LogP contribution < -0.4 is 0 Å². The van der Waals surface area contributed by atoms with Crippen molar-refractivity contribution in [1.82, 2.24) is 0 Å². The fourth-order valence-electron chi connectivity index (χ4n) is 1.40. The lowest BCUT2D eigenvalue weighted by molar-refractivity contribution is 0.163. The summed E-state index contributed by atoms with van der Waals surface area (Å²) in [6.45, 7) is 8.60. The van der Waals surface area contributed by atoms with E-state index in [1.807, 2.05) is 0 Å². The van der Waals surface area contributed by atoms with Crippen LogP contribution in [0.25, 0.3) is 0 Å². The molecule has 0 aliphatic carbocycles. The molecule has 14 heavy (non-hydrogen) atoms. The molecule has 1 heterocycles. The van der Waals surface area contributed by atoms with E-state index in [0.29, 0.717) is 5.92 Å². The highest BCUT2D eigenvalue weighted by atomic mass is 32.1. The van der Waals surface area contributed by atoms with Crippen molar-refractivity contribution in [2.75, 3.05) is 0 Å². The van der Waals surface area contributed by atoms with E-state index >= 15 is 0 Å². The first-order valence-corrected chi connectivity index (χ1v) is 6.07. The van der Waals surface area contributed by atoms with Gasteiger partial charge in [-0.05, 0) is 44.2 Å². The van der Waals surface area contributed by atoms with E-state index in [4.69, 9.17) is 0 Å². The largest absolute Gasteiger partial charge is 0.388 e. The zero-order valence-corrected chi connectivity index (χ0v) is 10.3. The van der Waals surface area contributed by atoms with Gasteiger partial charge in [0.05, 0.1) is 6.10 Å². The highest BCUT2D eigenvalue weighted by Gasteiger charge is 2.11. The van der Waals surface area contributed by atoms with Crippen molar-refractivity contribution in [2.45, 2.75) is 46.6 Å². The van der Waals surface area contributed by atoms with Crippen molar-refractivity contribution in [2.24, 2.45) is 5.92 Å². The maximum absolute atomic E-state index is 9.92. The van der Waals surface area contributed by atoms with Gasteiger partial charge in [-0.1, -0.05) is 13.8 Å². The molecule has 1 atom stereocenters. The summed E-state index contributed by atoms with van der Waals surface area (Å²) in [4.78, 5) is 2.45. The topological polar surface area (TPSA) is 20.2 Å². The summed E-state index contributed by atoms with van der Waals surface area (Å²) >= 11 is 1.72. The number of thiophene rings is 1. The summed E-state index contributed by atoms with van der Waals surface area (Å²) in [5, 5.41) is 9.92. The van der Waals surface area contributed by atoms with Crippen LogP contribution in [0.15, 0.2) is 6.07 Å². The summed E-state index contributed by atoms with van der Waals surface area (Å²) < 4.78 is 0. The highest BCUT2D eigenvalue weighted by molar-refractivity contribution is 7.12. The number of aliphatic hydroxyl groups excluding tert-OH is 1. The molecule has 80 valence electrons. The molecule has 0 amide bonds. The Hall–Kier alpha value is -0.340. The van der Waals surface area contributed by atoms with Crippen LogP contribution in [-0.2, 0) is 0 Å². The summed E-state index contributed by atoms with van der Waals surface area (Å²) in [6.07, 6.45) is 1.73. The minimum Gasteiger partial charge on any atom is -0.388 e. The maximum atomic E-state index is 9.92. The van der Waals surface area contributed by atoms with E-state index in [1.165, 1.54) is 10.4 Å². The molecule has 1 aromatic heterocycles. The monoisotopic (exact) mass is 212 g/mol. The van der Waals surface area contributed by atoms with Crippen LogP contribution in [0.5, 0.6) is 0 Å². The van der Waals surface area contributed by atoms with Crippen LogP contribution in [-0.4, -0.2) is 5.11 Å². The average molecular weight is 212 g/mol. The normalized spacial score (nSPS) is 13.6. The Morgan fingerprint density at radius 1 is 1.29 bits per heavy atom. The molecule has 0 radical (unpaired) electrons. The highest BCUT2D eigenvalue weighted by Crippen LogP contribution is 2.29. The van der Waals surface area contributed by atoms with Gasteiger partial charge in [0.15, 0.2) is 0 Å². The van der Waals surface area contributed by atoms with Crippen LogP contribution in [0.1, 0.15) is 48.1 Å². The van der Waals surface area contributed by atoms with Gasteiger partial charge in [-0.15, -0.1) is 11.3 Å². The molecule has 0 aliphatic heterocycles. The summed E-state index contributed by atoms with van der Waals surface area (Å²) in [5.41, 5.74) is 1.30. The molecule has 0 saturated heterocycles. The van der Waals surface area contributed by atoms with E-state index in [9.17, 15) is 5.11 Å². The molecule has 0 saturated carbocycles. The Kier molecular flexibility index (Phi) is 4.14. The zero-order valence-electron chi connectivity index (χ0n) is 9.50. The third-order valence-corrected chi connectivity index (χ3v) is 3.78. The lowest BCUT2D eigenvalue weighted by Crippen LogP contribution is -1.97. The van der Waals surface area contributed by atoms with Gasteiger partial charge < -0.3 is 5.11 Å². The Bertz CT molecular complexity index is 269. The van der Waals surface area contributed by atoms with Crippen LogP contribution in [0, 0.1) is 19.8 Å². The van der Waals surface area contributed by atoms with Gasteiger partial charge in [0.25, 0.3) is 0 Å². The maximum Gasteiger partial charge on any atom is 0.0882 e. The van der Waals surface area contributed by atoms with Crippen molar-refractivity contribution in [1.29, 1.82) is 0 Å². The molecule has 0 spiro atoms. The van der Waals surface area contributed by atoms with Crippen molar-refractivity contribution in [3.05, 3.63) is 21.4 Å². The summed E-state index contributed by atoms with van der Waals surface area (Å²) in [7, 11) is 0. The Morgan fingerprint density at radius 3 is 2.36 bits per heavy atom. The third-order valence-electron chi connectivity index (χ3n) is 2.53. The Balaban J connectivity index is 2.56. The van der Waals surface area contributed by atoms with Crippen molar-refractivity contribution in [3.8, 4) is 0 Å². The number of hydrogen-bond acceptors (Lipinski definition) is 2. The standard InChI is InChI=1S/C12H20OS/c1-8(2)5-6-11(13)12-7-9(3)10(4)14-12/h7-8,11,13H,5-6H2,1-4H3. The van der Waals surface area contributed by atoms with Crippen molar-refractivity contribution < 1.29 is 5.11 Å². The van der Waals surface area contributed by atoms with Gasteiger partial charge in [-0.2, -0.15) is 0 Å². The molecule has 0 bridgehead atoms. The minimum absolute atomic E-state index is 0.255. The quantitative estimate of drug-likeness (QED) is 0.804. The van der Waals surface area contributed by atoms with Crippen LogP contribution in [0.2, 0.25) is 0 Å². The fourth-order valence-corrected chi connectivity index (χ4v) is 2.46. The lowest BCUT2D eigenvalue weighted by Gasteiger charge is -2.09. The van der Waals surface area contributed by atoms with E-state index in [0.717, 1.165) is 17.7 Å². The molecule has 0 aromatic carbocycles. The predicted octanol–water partition coefficient (Wildman–Crippen LogP) is 3.83.